The van der Waals surface area contributed by atoms with Gasteiger partial charge >= 0.3 is 0 Å². The molecule has 0 amide bonds. The van der Waals surface area contributed by atoms with E-state index in [4.69, 9.17) is 10.5 Å². The van der Waals surface area contributed by atoms with Gasteiger partial charge in [0.15, 0.2) is 0 Å². The number of aliphatic hydroxyl groups excluding tert-OH is 1. The third-order valence-corrected chi connectivity index (χ3v) is 2.56. The van der Waals surface area contributed by atoms with E-state index in [0.717, 1.165) is 6.42 Å². The molecule has 0 aromatic heterocycles. The predicted octanol–water partition coefficient (Wildman–Crippen LogP) is 0.508. The van der Waals surface area contributed by atoms with Crippen LogP contribution in [0.2, 0.25) is 0 Å². The molecule has 0 aromatic rings. The highest BCUT2D eigenvalue weighted by atomic mass is 16.5. The van der Waals surface area contributed by atoms with Gasteiger partial charge in [0, 0.05) is 6.04 Å². The van der Waals surface area contributed by atoms with Crippen molar-refractivity contribution < 1.29 is 9.84 Å². The Hall–Kier alpha value is -0.120. The lowest BCUT2D eigenvalue weighted by Crippen LogP contribution is -2.52. The highest BCUT2D eigenvalue weighted by Gasteiger charge is 2.33. The summed E-state index contributed by atoms with van der Waals surface area (Å²) >= 11 is 0. The zero-order valence-electron chi connectivity index (χ0n) is 8.03. The summed E-state index contributed by atoms with van der Waals surface area (Å²) in [4.78, 5) is 0. The van der Waals surface area contributed by atoms with Crippen LogP contribution in [0.5, 0.6) is 0 Å². The third kappa shape index (κ3) is 1.97. The van der Waals surface area contributed by atoms with Crippen LogP contribution >= 0.6 is 0 Å². The Morgan fingerprint density at radius 1 is 1.50 bits per heavy atom. The van der Waals surface area contributed by atoms with Gasteiger partial charge in [-0.1, -0.05) is 13.8 Å². The molecule has 4 atom stereocenters. The zero-order valence-corrected chi connectivity index (χ0v) is 8.03. The van der Waals surface area contributed by atoms with E-state index >= 15 is 0 Å². The Balaban J connectivity index is 2.53. The summed E-state index contributed by atoms with van der Waals surface area (Å²) in [5.74, 6) is 0.478. The van der Waals surface area contributed by atoms with Gasteiger partial charge in [0.25, 0.3) is 0 Å². The molecule has 12 heavy (non-hydrogen) atoms. The molecule has 1 aliphatic heterocycles. The van der Waals surface area contributed by atoms with E-state index in [9.17, 15) is 5.11 Å². The molecule has 1 saturated heterocycles. The lowest BCUT2D eigenvalue weighted by molar-refractivity contribution is -0.131. The minimum atomic E-state index is -0.500. The second kappa shape index (κ2) is 3.73. The van der Waals surface area contributed by atoms with Gasteiger partial charge in [-0.05, 0) is 19.3 Å². The van der Waals surface area contributed by atoms with Crippen LogP contribution in [0.1, 0.15) is 27.2 Å². The molecule has 3 N–H and O–H groups in total. The minimum absolute atomic E-state index is 0.124. The molecule has 3 nitrogen and oxygen atoms in total. The van der Waals surface area contributed by atoms with E-state index in [-0.39, 0.29) is 18.2 Å². The quantitative estimate of drug-likeness (QED) is 0.607. The van der Waals surface area contributed by atoms with E-state index < -0.39 is 6.10 Å². The van der Waals surface area contributed by atoms with Crippen LogP contribution in [-0.2, 0) is 4.74 Å². The van der Waals surface area contributed by atoms with Crippen molar-refractivity contribution in [2.75, 3.05) is 0 Å². The van der Waals surface area contributed by atoms with Gasteiger partial charge in [-0.3, -0.25) is 0 Å². The highest BCUT2D eigenvalue weighted by Crippen LogP contribution is 2.23. The fraction of sp³-hybridized carbons (Fsp3) is 1.00. The van der Waals surface area contributed by atoms with Crippen molar-refractivity contribution in [1.82, 2.24) is 0 Å². The van der Waals surface area contributed by atoms with Crippen molar-refractivity contribution >= 4 is 0 Å². The smallest absolute Gasteiger partial charge is 0.0950 e. The number of nitrogens with two attached hydrogens (primary N) is 1. The van der Waals surface area contributed by atoms with Crippen molar-refractivity contribution in [2.24, 2.45) is 11.7 Å². The molecule has 1 aliphatic rings. The van der Waals surface area contributed by atoms with E-state index in [1.807, 2.05) is 6.92 Å². The van der Waals surface area contributed by atoms with Gasteiger partial charge in [-0.2, -0.15) is 0 Å². The number of hydrogen-bond acceptors (Lipinski definition) is 3. The van der Waals surface area contributed by atoms with Crippen molar-refractivity contribution in [3.8, 4) is 0 Å². The summed E-state index contributed by atoms with van der Waals surface area (Å²) in [5.41, 5.74) is 5.77. The molecule has 3 heteroatoms. The first-order chi connectivity index (χ1) is 5.52. The molecule has 0 aliphatic carbocycles. The molecule has 0 spiro atoms. The van der Waals surface area contributed by atoms with Gasteiger partial charge in [0.1, 0.15) is 0 Å². The molecule has 1 unspecified atom stereocenters. The maximum absolute atomic E-state index is 9.50. The first-order valence-electron chi connectivity index (χ1n) is 4.61. The monoisotopic (exact) mass is 173 g/mol. The van der Waals surface area contributed by atoms with Crippen molar-refractivity contribution in [2.45, 2.75) is 51.5 Å². The second-order valence-electron chi connectivity index (χ2n) is 4.01. The van der Waals surface area contributed by atoms with E-state index in [2.05, 4.69) is 13.8 Å². The van der Waals surface area contributed by atoms with Crippen LogP contribution in [0.25, 0.3) is 0 Å². The van der Waals surface area contributed by atoms with Crippen molar-refractivity contribution in [3.63, 3.8) is 0 Å². The Kier molecular flexibility index (Phi) is 3.09. The fourth-order valence-electron chi connectivity index (χ4n) is 1.60. The topological polar surface area (TPSA) is 55.5 Å². The van der Waals surface area contributed by atoms with Gasteiger partial charge in [0.05, 0.1) is 18.3 Å². The first kappa shape index (κ1) is 9.96. The lowest BCUT2D eigenvalue weighted by atomic mass is 9.91. The van der Waals surface area contributed by atoms with Crippen LogP contribution in [0.3, 0.4) is 0 Å². The minimum Gasteiger partial charge on any atom is -0.389 e. The maximum atomic E-state index is 9.50. The summed E-state index contributed by atoms with van der Waals surface area (Å²) in [6, 6.07) is -0.124. The lowest BCUT2D eigenvalue weighted by Gasteiger charge is -2.38. The predicted molar refractivity (Wildman–Crippen MR) is 47.8 cm³/mol. The Morgan fingerprint density at radius 2 is 2.08 bits per heavy atom. The van der Waals surface area contributed by atoms with Crippen LogP contribution in [0, 0.1) is 5.92 Å². The van der Waals surface area contributed by atoms with Gasteiger partial charge < -0.3 is 15.6 Å². The van der Waals surface area contributed by atoms with Gasteiger partial charge in [-0.25, -0.2) is 0 Å². The normalized spacial score (nSPS) is 43.5. The zero-order chi connectivity index (χ0) is 9.30. The summed E-state index contributed by atoms with van der Waals surface area (Å²) in [6.07, 6.45) is 0.350. The maximum Gasteiger partial charge on any atom is 0.0950 e. The molecular formula is C9H19NO2. The Bertz CT molecular complexity index is 137. The molecule has 0 radical (unpaired) electrons. The number of ether oxygens (including phenoxy) is 1. The first-order valence-corrected chi connectivity index (χ1v) is 4.61. The second-order valence-corrected chi connectivity index (χ2v) is 4.01. The molecule has 72 valence electrons. The van der Waals surface area contributed by atoms with E-state index in [1.54, 1.807) is 0 Å². The summed E-state index contributed by atoms with van der Waals surface area (Å²) in [5, 5.41) is 9.50. The standard InChI is InChI=1S/C9H19NO2/c1-5(2)8-4-7(10)9(11)6(3)12-8/h5-9,11H,4,10H2,1-3H3/t6?,7-,8+,9+/m0/s1. The van der Waals surface area contributed by atoms with E-state index in [0.29, 0.717) is 5.92 Å². The Morgan fingerprint density at radius 3 is 2.50 bits per heavy atom. The average molecular weight is 173 g/mol. The van der Waals surface area contributed by atoms with Crippen LogP contribution in [0.15, 0.2) is 0 Å². The summed E-state index contributed by atoms with van der Waals surface area (Å²) < 4.78 is 5.60. The molecule has 1 heterocycles. The van der Waals surface area contributed by atoms with Crippen LogP contribution in [-0.4, -0.2) is 29.5 Å². The number of hydrogen-bond donors (Lipinski definition) is 2. The van der Waals surface area contributed by atoms with Gasteiger partial charge in [0.2, 0.25) is 0 Å². The van der Waals surface area contributed by atoms with Crippen LogP contribution < -0.4 is 5.73 Å². The summed E-state index contributed by atoms with van der Waals surface area (Å²) in [6.45, 7) is 6.10. The Labute approximate surface area is 73.9 Å². The van der Waals surface area contributed by atoms with Crippen molar-refractivity contribution in [1.29, 1.82) is 0 Å². The molecule has 1 rings (SSSR count). The molecule has 0 aromatic carbocycles. The highest BCUT2D eigenvalue weighted by molar-refractivity contribution is 4.86. The van der Waals surface area contributed by atoms with Crippen LogP contribution in [0.4, 0.5) is 0 Å². The largest absolute Gasteiger partial charge is 0.389 e. The number of aliphatic hydroxyl groups is 1. The fourth-order valence-corrected chi connectivity index (χ4v) is 1.60. The summed E-state index contributed by atoms with van der Waals surface area (Å²) in [7, 11) is 0. The number of rotatable bonds is 1. The van der Waals surface area contributed by atoms with Gasteiger partial charge in [-0.15, -0.1) is 0 Å². The molecular weight excluding hydrogens is 154 g/mol. The van der Waals surface area contributed by atoms with Crippen molar-refractivity contribution in [3.05, 3.63) is 0 Å². The van der Waals surface area contributed by atoms with E-state index in [1.165, 1.54) is 0 Å². The third-order valence-electron chi connectivity index (χ3n) is 2.56. The molecule has 0 saturated carbocycles. The SMILES string of the molecule is CC1O[C@@H](C(C)C)C[C@H](N)[C@@H]1O. The molecule has 1 fully saturated rings. The average Bonchev–Trinajstić information content (AvgIpc) is 1.99. The molecule has 0 bridgehead atoms.